The van der Waals surface area contributed by atoms with Crippen LogP contribution in [0.4, 0.5) is 0 Å². The molecule has 4 amide bonds. The molecule has 2 heterocycles. The maximum atomic E-state index is 12.6. The number of hydrogen-bond donors (Lipinski definition) is 2. The molecule has 34 heavy (non-hydrogen) atoms. The molecule has 0 saturated carbocycles. The van der Waals surface area contributed by atoms with E-state index in [1.165, 1.54) is 9.80 Å². The molecule has 2 fully saturated rings. The number of carbonyl (C=O) groups is 4. The van der Waals surface area contributed by atoms with E-state index in [0.717, 1.165) is 11.1 Å². The average molecular weight is 463 g/mol. The summed E-state index contributed by atoms with van der Waals surface area (Å²) < 4.78 is 0. The molecule has 0 bridgehead atoms. The third kappa shape index (κ3) is 5.76. The highest BCUT2D eigenvalue weighted by Crippen LogP contribution is 2.16. The molecule has 2 aromatic rings. The first-order valence-corrected chi connectivity index (χ1v) is 11.8. The standard InChI is InChI=1S/C26H30N4O4/c31-23-17-21(25(33)29(23)15-11-19-7-3-1-4-8-19)27-13-14-28-22-18-24(32)30(26(22)34)16-12-20-9-5-2-6-10-20/h1-10,21-22,27-28H,11-18H2/t21-,22-/m0/s1. The lowest BCUT2D eigenvalue weighted by molar-refractivity contribution is -0.140. The summed E-state index contributed by atoms with van der Waals surface area (Å²) in [5, 5.41) is 6.23. The fourth-order valence-electron chi connectivity index (χ4n) is 4.42. The van der Waals surface area contributed by atoms with Crippen LogP contribution in [0.5, 0.6) is 0 Å². The van der Waals surface area contributed by atoms with Crippen LogP contribution in [0.1, 0.15) is 24.0 Å². The smallest absolute Gasteiger partial charge is 0.246 e. The van der Waals surface area contributed by atoms with Gasteiger partial charge in [0.25, 0.3) is 0 Å². The molecule has 0 unspecified atom stereocenters. The van der Waals surface area contributed by atoms with Crippen LogP contribution in [0.3, 0.4) is 0 Å². The largest absolute Gasteiger partial charge is 0.304 e. The van der Waals surface area contributed by atoms with E-state index in [0.29, 0.717) is 39.0 Å². The van der Waals surface area contributed by atoms with Gasteiger partial charge < -0.3 is 10.6 Å². The van der Waals surface area contributed by atoms with E-state index in [1.807, 2.05) is 60.7 Å². The van der Waals surface area contributed by atoms with Crippen LogP contribution in [0, 0.1) is 0 Å². The fourth-order valence-corrected chi connectivity index (χ4v) is 4.42. The summed E-state index contributed by atoms with van der Waals surface area (Å²) >= 11 is 0. The van der Waals surface area contributed by atoms with Gasteiger partial charge >= 0.3 is 0 Å². The average Bonchev–Trinajstić information content (AvgIpc) is 3.28. The Labute approximate surface area is 199 Å². The minimum atomic E-state index is -0.548. The molecule has 0 spiro atoms. The van der Waals surface area contributed by atoms with E-state index in [2.05, 4.69) is 10.6 Å². The Morgan fingerprint density at radius 2 is 1.00 bits per heavy atom. The van der Waals surface area contributed by atoms with Crippen LogP contribution in [0.25, 0.3) is 0 Å². The highest BCUT2D eigenvalue weighted by atomic mass is 16.2. The molecule has 2 aromatic carbocycles. The number of imide groups is 2. The van der Waals surface area contributed by atoms with Crippen molar-refractivity contribution in [1.29, 1.82) is 0 Å². The van der Waals surface area contributed by atoms with Gasteiger partial charge in [-0.3, -0.25) is 29.0 Å². The third-order valence-corrected chi connectivity index (χ3v) is 6.33. The second-order valence-electron chi connectivity index (χ2n) is 8.66. The summed E-state index contributed by atoms with van der Waals surface area (Å²) in [6.45, 7) is 1.57. The Morgan fingerprint density at radius 1 is 0.618 bits per heavy atom. The monoisotopic (exact) mass is 462 g/mol. The van der Waals surface area contributed by atoms with Crippen molar-refractivity contribution >= 4 is 23.6 Å². The molecule has 2 N–H and O–H groups in total. The van der Waals surface area contributed by atoms with Crippen LogP contribution in [-0.4, -0.2) is 71.7 Å². The van der Waals surface area contributed by atoms with Gasteiger partial charge in [0.15, 0.2) is 0 Å². The summed E-state index contributed by atoms with van der Waals surface area (Å²) in [4.78, 5) is 52.5. The Bertz CT molecular complexity index is 944. The minimum Gasteiger partial charge on any atom is -0.304 e. The molecular weight excluding hydrogens is 432 g/mol. The van der Waals surface area contributed by atoms with Crippen LogP contribution in [0.15, 0.2) is 60.7 Å². The van der Waals surface area contributed by atoms with Gasteiger partial charge in [-0.15, -0.1) is 0 Å². The second kappa shape index (κ2) is 11.2. The molecule has 0 radical (unpaired) electrons. The topological polar surface area (TPSA) is 98.8 Å². The Morgan fingerprint density at radius 3 is 1.38 bits per heavy atom. The van der Waals surface area contributed by atoms with E-state index < -0.39 is 12.1 Å². The molecule has 4 rings (SSSR count). The summed E-state index contributed by atoms with van der Waals surface area (Å²) in [6.07, 6.45) is 1.54. The van der Waals surface area contributed by atoms with Gasteiger partial charge in [-0.25, -0.2) is 0 Å². The lowest BCUT2D eigenvalue weighted by Crippen LogP contribution is -2.45. The minimum absolute atomic E-state index is 0.141. The Kier molecular flexibility index (Phi) is 7.82. The van der Waals surface area contributed by atoms with E-state index in [9.17, 15) is 19.2 Å². The molecule has 2 aliphatic heterocycles. The van der Waals surface area contributed by atoms with Gasteiger partial charge in [-0.1, -0.05) is 60.7 Å². The molecular formula is C26H30N4O4. The number of likely N-dealkylation sites (tertiary alicyclic amines) is 2. The molecule has 0 aromatic heterocycles. The van der Waals surface area contributed by atoms with Crippen molar-refractivity contribution in [2.24, 2.45) is 0 Å². The van der Waals surface area contributed by atoms with Crippen molar-refractivity contribution in [2.75, 3.05) is 26.2 Å². The summed E-state index contributed by atoms with van der Waals surface area (Å²) in [6, 6.07) is 18.4. The van der Waals surface area contributed by atoms with Crippen molar-refractivity contribution in [3.63, 3.8) is 0 Å². The highest BCUT2D eigenvalue weighted by molar-refractivity contribution is 6.06. The number of nitrogens with one attached hydrogen (secondary N) is 2. The van der Waals surface area contributed by atoms with Gasteiger partial charge in [0, 0.05) is 26.2 Å². The summed E-state index contributed by atoms with van der Waals surface area (Å²) in [5.41, 5.74) is 2.16. The Balaban J connectivity index is 1.17. The van der Waals surface area contributed by atoms with Gasteiger partial charge in [-0.05, 0) is 24.0 Å². The normalized spacial score (nSPS) is 20.6. The number of nitrogens with zero attached hydrogens (tertiary/aromatic N) is 2. The molecule has 8 nitrogen and oxygen atoms in total. The molecule has 8 heteroatoms. The van der Waals surface area contributed by atoms with Crippen LogP contribution in [-0.2, 0) is 32.0 Å². The number of benzene rings is 2. The molecule has 2 atom stereocenters. The predicted molar refractivity (Wildman–Crippen MR) is 127 cm³/mol. The fraction of sp³-hybridized carbons (Fsp3) is 0.385. The predicted octanol–water partition coefficient (Wildman–Crippen LogP) is 0.906. The zero-order chi connectivity index (χ0) is 23.9. The van der Waals surface area contributed by atoms with E-state index in [4.69, 9.17) is 0 Å². The molecule has 178 valence electrons. The van der Waals surface area contributed by atoms with E-state index in [-0.39, 0.29) is 36.5 Å². The zero-order valence-electron chi connectivity index (χ0n) is 19.1. The summed E-state index contributed by atoms with van der Waals surface area (Å²) in [7, 11) is 0. The van der Waals surface area contributed by atoms with E-state index in [1.54, 1.807) is 0 Å². The number of hydrogen-bond acceptors (Lipinski definition) is 6. The van der Waals surface area contributed by atoms with Crippen molar-refractivity contribution in [2.45, 2.75) is 37.8 Å². The van der Waals surface area contributed by atoms with Crippen LogP contribution < -0.4 is 10.6 Å². The first-order chi connectivity index (χ1) is 16.5. The highest BCUT2D eigenvalue weighted by Gasteiger charge is 2.39. The first kappa shape index (κ1) is 23.8. The lowest BCUT2D eigenvalue weighted by atomic mass is 10.1. The number of rotatable bonds is 11. The van der Waals surface area contributed by atoms with Crippen molar-refractivity contribution < 1.29 is 19.2 Å². The van der Waals surface area contributed by atoms with Crippen LogP contribution >= 0.6 is 0 Å². The first-order valence-electron chi connectivity index (χ1n) is 11.8. The van der Waals surface area contributed by atoms with Crippen LogP contribution in [0.2, 0.25) is 0 Å². The number of carbonyl (C=O) groups excluding carboxylic acids is 4. The quantitative estimate of drug-likeness (QED) is 0.380. The SMILES string of the molecule is O=C1C[C@H](NCCN[C@H]2CC(=O)N(CCc3ccccc3)C2=O)C(=O)N1CCc1ccccc1. The maximum Gasteiger partial charge on any atom is 0.246 e. The molecule has 2 saturated heterocycles. The van der Waals surface area contributed by atoms with E-state index >= 15 is 0 Å². The van der Waals surface area contributed by atoms with Gasteiger partial charge in [0.1, 0.15) is 0 Å². The van der Waals surface area contributed by atoms with Gasteiger partial charge in [-0.2, -0.15) is 0 Å². The van der Waals surface area contributed by atoms with Crippen molar-refractivity contribution in [1.82, 2.24) is 20.4 Å². The second-order valence-corrected chi connectivity index (χ2v) is 8.66. The Hall–Kier alpha value is -3.36. The lowest BCUT2D eigenvalue weighted by Gasteiger charge is -2.17. The number of amides is 4. The third-order valence-electron chi connectivity index (χ3n) is 6.33. The van der Waals surface area contributed by atoms with Gasteiger partial charge in [0.05, 0.1) is 24.9 Å². The van der Waals surface area contributed by atoms with Gasteiger partial charge in [0.2, 0.25) is 23.6 Å². The van der Waals surface area contributed by atoms with Crippen molar-refractivity contribution in [3.05, 3.63) is 71.8 Å². The zero-order valence-corrected chi connectivity index (χ0v) is 19.1. The maximum absolute atomic E-state index is 12.6. The van der Waals surface area contributed by atoms with Crippen molar-refractivity contribution in [3.8, 4) is 0 Å². The molecule has 0 aliphatic carbocycles. The molecule has 2 aliphatic rings. The summed E-state index contributed by atoms with van der Waals surface area (Å²) in [5.74, 6) is -0.755.